The molecule has 3 rings (SSSR count). The summed E-state index contributed by atoms with van der Waals surface area (Å²) in [6.07, 6.45) is 1.40. The highest BCUT2D eigenvalue weighted by molar-refractivity contribution is 7.92. The average molecular weight is 383 g/mol. The van der Waals surface area contributed by atoms with E-state index in [-0.39, 0.29) is 34.4 Å². The molecule has 2 N–H and O–H groups in total. The molecule has 6 nitrogen and oxygen atoms in total. The average Bonchev–Trinajstić information content (AvgIpc) is 2.88. The number of halogens is 2. The van der Waals surface area contributed by atoms with E-state index in [1.54, 1.807) is 7.05 Å². The van der Waals surface area contributed by atoms with Crippen LogP contribution in [-0.4, -0.2) is 30.7 Å². The molecule has 1 aliphatic rings. The molecule has 0 radical (unpaired) electrons. The number of aryl methyl sites for hydroxylation is 1. The molecule has 1 unspecified atom stereocenters. The molecule has 0 spiro atoms. The summed E-state index contributed by atoms with van der Waals surface area (Å²) < 4.78 is 53.3. The lowest BCUT2D eigenvalue weighted by molar-refractivity contribution is 0.102. The molecule has 0 fully saturated rings. The lowest BCUT2D eigenvalue weighted by Gasteiger charge is -2.27. The maximum atomic E-state index is 13.3. The second-order valence-corrected chi connectivity index (χ2v) is 8.75. The van der Waals surface area contributed by atoms with E-state index in [9.17, 15) is 22.0 Å². The standard InChI is InChI=1S/C17H19F2N3O3S/c1-9(2)13-7-20-15-14(26(13,24)25)8-22(3)16(15)17(23)21-10-4-5-11(18)12(19)6-10/h4-6,8-9,13,20H,7H2,1-3H3,(H,21,23). The van der Waals surface area contributed by atoms with Gasteiger partial charge in [-0.05, 0) is 18.1 Å². The molecular weight excluding hydrogens is 364 g/mol. The van der Waals surface area contributed by atoms with E-state index in [0.29, 0.717) is 0 Å². The van der Waals surface area contributed by atoms with Crippen molar-refractivity contribution in [3.05, 3.63) is 41.7 Å². The number of sulfone groups is 1. The second kappa shape index (κ2) is 6.39. The molecule has 0 bridgehead atoms. The number of rotatable bonds is 3. The van der Waals surface area contributed by atoms with Crippen molar-refractivity contribution in [1.82, 2.24) is 4.57 Å². The molecular formula is C17H19F2N3O3S. The van der Waals surface area contributed by atoms with Crippen LogP contribution in [0.25, 0.3) is 0 Å². The zero-order valence-corrected chi connectivity index (χ0v) is 15.3. The fraction of sp³-hybridized carbons (Fsp3) is 0.353. The van der Waals surface area contributed by atoms with Gasteiger partial charge in [0.1, 0.15) is 10.6 Å². The van der Waals surface area contributed by atoms with Crippen molar-refractivity contribution in [3.63, 3.8) is 0 Å². The van der Waals surface area contributed by atoms with Gasteiger partial charge in [0, 0.05) is 31.5 Å². The van der Waals surface area contributed by atoms with Crippen LogP contribution in [0.15, 0.2) is 29.3 Å². The molecule has 0 saturated heterocycles. The monoisotopic (exact) mass is 383 g/mol. The fourth-order valence-corrected chi connectivity index (χ4v) is 5.20. The number of hydrogen-bond acceptors (Lipinski definition) is 4. The lowest BCUT2D eigenvalue weighted by Crippen LogP contribution is -2.38. The predicted molar refractivity (Wildman–Crippen MR) is 94.0 cm³/mol. The third-order valence-electron chi connectivity index (χ3n) is 4.47. The van der Waals surface area contributed by atoms with Crippen LogP contribution >= 0.6 is 0 Å². The Hall–Kier alpha value is -2.42. The largest absolute Gasteiger partial charge is 0.381 e. The summed E-state index contributed by atoms with van der Waals surface area (Å²) in [6.45, 7) is 3.85. The van der Waals surface area contributed by atoms with E-state index < -0.39 is 32.6 Å². The van der Waals surface area contributed by atoms with Crippen molar-refractivity contribution in [2.45, 2.75) is 24.0 Å². The third-order valence-corrected chi connectivity index (χ3v) is 6.90. The van der Waals surface area contributed by atoms with Gasteiger partial charge in [0.05, 0.1) is 10.9 Å². The second-order valence-electron chi connectivity index (χ2n) is 6.62. The molecule has 140 valence electrons. The van der Waals surface area contributed by atoms with E-state index >= 15 is 0 Å². The summed E-state index contributed by atoms with van der Waals surface area (Å²) in [5, 5.41) is 4.91. The number of nitrogens with one attached hydrogen (secondary N) is 2. The first-order valence-electron chi connectivity index (χ1n) is 8.06. The first-order chi connectivity index (χ1) is 12.1. The zero-order chi connectivity index (χ0) is 19.2. The van der Waals surface area contributed by atoms with Gasteiger partial charge in [0.15, 0.2) is 21.5 Å². The lowest BCUT2D eigenvalue weighted by atomic mass is 10.1. The molecule has 26 heavy (non-hydrogen) atoms. The number of fused-ring (bicyclic) bond motifs is 1. The van der Waals surface area contributed by atoms with E-state index in [0.717, 1.165) is 12.1 Å². The van der Waals surface area contributed by atoms with Crippen LogP contribution in [0.1, 0.15) is 24.3 Å². The Bertz CT molecular complexity index is 983. The van der Waals surface area contributed by atoms with Crippen LogP contribution < -0.4 is 10.6 Å². The van der Waals surface area contributed by atoms with E-state index in [2.05, 4.69) is 10.6 Å². The van der Waals surface area contributed by atoms with Crippen LogP contribution in [0.4, 0.5) is 20.2 Å². The van der Waals surface area contributed by atoms with Crippen LogP contribution in [0.2, 0.25) is 0 Å². The Morgan fingerprint density at radius 1 is 1.31 bits per heavy atom. The van der Waals surface area contributed by atoms with Gasteiger partial charge in [-0.3, -0.25) is 4.79 Å². The summed E-state index contributed by atoms with van der Waals surface area (Å²) in [7, 11) is -2.02. The number of nitrogens with zero attached hydrogens (tertiary/aromatic N) is 1. The van der Waals surface area contributed by atoms with Crippen molar-refractivity contribution < 1.29 is 22.0 Å². The van der Waals surface area contributed by atoms with Gasteiger partial charge in [0.2, 0.25) is 0 Å². The van der Waals surface area contributed by atoms with Gasteiger partial charge in [-0.2, -0.15) is 0 Å². The minimum atomic E-state index is -3.58. The van der Waals surface area contributed by atoms with Crippen LogP contribution in [0.3, 0.4) is 0 Å². The number of aromatic nitrogens is 1. The highest BCUT2D eigenvalue weighted by atomic mass is 32.2. The minimum Gasteiger partial charge on any atom is -0.381 e. The third kappa shape index (κ3) is 2.96. The first-order valence-corrected chi connectivity index (χ1v) is 9.61. The maximum absolute atomic E-state index is 13.3. The molecule has 0 saturated carbocycles. The number of hydrogen-bond donors (Lipinski definition) is 2. The van der Waals surface area contributed by atoms with Crippen molar-refractivity contribution in [1.29, 1.82) is 0 Å². The van der Waals surface area contributed by atoms with Crippen molar-refractivity contribution in [3.8, 4) is 0 Å². The van der Waals surface area contributed by atoms with Crippen molar-refractivity contribution in [2.24, 2.45) is 13.0 Å². The number of amides is 1. The fourth-order valence-electron chi connectivity index (χ4n) is 3.09. The molecule has 1 aromatic heterocycles. The number of benzene rings is 1. The molecule has 1 aromatic carbocycles. The van der Waals surface area contributed by atoms with Gasteiger partial charge in [-0.15, -0.1) is 0 Å². The van der Waals surface area contributed by atoms with Gasteiger partial charge in [0.25, 0.3) is 5.91 Å². The number of anilines is 2. The highest BCUT2D eigenvalue weighted by Gasteiger charge is 2.39. The normalized spacial score (nSPS) is 18.3. The summed E-state index contributed by atoms with van der Waals surface area (Å²) in [6, 6.07) is 2.99. The van der Waals surface area contributed by atoms with E-state index in [1.165, 1.54) is 16.8 Å². The summed E-state index contributed by atoms with van der Waals surface area (Å²) >= 11 is 0. The maximum Gasteiger partial charge on any atom is 0.274 e. The Morgan fingerprint density at radius 2 is 2.00 bits per heavy atom. The van der Waals surface area contributed by atoms with E-state index in [4.69, 9.17) is 0 Å². The Morgan fingerprint density at radius 3 is 2.62 bits per heavy atom. The van der Waals surface area contributed by atoms with E-state index in [1.807, 2.05) is 13.8 Å². The zero-order valence-electron chi connectivity index (χ0n) is 14.5. The Kier molecular flexibility index (Phi) is 4.51. The van der Waals surface area contributed by atoms with Crippen LogP contribution in [0, 0.1) is 17.6 Å². The topological polar surface area (TPSA) is 80.2 Å². The summed E-state index contributed by atoms with van der Waals surface area (Å²) in [4.78, 5) is 12.7. The van der Waals surface area contributed by atoms with Gasteiger partial charge >= 0.3 is 0 Å². The molecule has 1 aliphatic heterocycles. The quantitative estimate of drug-likeness (QED) is 0.854. The molecule has 2 heterocycles. The summed E-state index contributed by atoms with van der Waals surface area (Å²) in [5.74, 6) is -2.81. The minimum absolute atomic E-state index is 0.0698. The van der Waals surface area contributed by atoms with Crippen LogP contribution in [-0.2, 0) is 16.9 Å². The SMILES string of the molecule is CC(C)C1CNc2c(cn(C)c2C(=O)Nc2ccc(F)c(F)c2)S1(=O)=O. The first kappa shape index (κ1) is 18.4. The smallest absolute Gasteiger partial charge is 0.274 e. The van der Waals surface area contributed by atoms with Crippen molar-refractivity contribution in [2.75, 3.05) is 17.2 Å². The molecule has 1 atom stereocenters. The van der Waals surface area contributed by atoms with Gasteiger partial charge < -0.3 is 15.2 Å². The Labute approximate surface area is 150 Å². The van der Waals surface area contributed by atoms with Crippen LogP contribution in [0.5, 0.6) is 0 Å². The number of carbonyl (C=O) groups excluding carboxylic acids is 1. The molecule has 0 aliphatic carbocycles. The van der Waals surface area contributed by atoms with Crippen molar-refractivity contribution >= 4 is 27.1 Å². The number of carbonyl (C=O) groups is 1. The summed E-state index contributed by atoms with van der Waals surface area (Å²) in [5.41, 5.74) is 0.405. The highest BCUT2D eigenvalue weighted by Crippen LogP contribution is 2.36. The van der Waals surface area contributed by atoms with Gasteiger partial charge in [-0.25, -0.2) is 17.2 Å². The van der Waals surface area contributed by atoms with Gasteiger partial charge in [-0.1, -0.05) is 13.8 Å². The Balaban J connectivity index is 1.98. The predicted octanol–water partition coefficient (Wildman–Crippen LogP) is 2.78. The molecule has 2 aromatic rings. The molecule has 1 amide bonds. The molecule has 9 heteroatoms.